The first-order valence-electron chi connectivity index (χ1n) is 7.19. The molecule has 2 N–H and O–H groups in total. The minimum atomic E-state index is -0.537. The molecule has 2 aromatic carbocycles. The number of ether oxygens (including phenoxy) is 1. The molecule has 22 heavy (non-hydrogen) atoms. The van der Waals surface area contributed by atoms with E-state index in [0.717, 1.165) is 17.0 Å². The molecule has 1 fully saturated rings. The van der Waals surface area contributed by atoms with Gasteiger partial charge in [0, 0.05) is 10.7 Å². The molecule has 0 unspecified atom stereocenters. The Morgan fingerprint density at radius 3 is 2.59 bits per heavy atom. The zero-order valence-corrected chi connectivity index (χ0v) is 13.0. The highest BCUT2D eigenvalue weighted by molar-refractivity contribution is 6.30. The summed E-state index contributed by atoms with van der Waals surface area (Å²) in [6.45, 7) is 2.54. The van der Waals surface area contributed by atoms with E-state index in [0.29, 0.717) is 11.6 Å². The first-order valence-corrected chi connectivity index (χ1v) is 7.56. The van der Waals surface area contributed by atoms with Crippen molar-refractivity contribution in [3.63, 3.8) is 0 Å². The number of benzene rings is 2. The quantitative estimate of drug-likeness (QED) is 0.882. The van der Waals surface area contributed by atoms with Gasteiger partial charge in [-0.05, 0) is 48.9 Å². The summed E-state index contributed by atoms with van der Waals surface area (Å²) >= 11 is 6.04. The molecule has 5 heteroatoms. The molecule has 114 valence electrons. The zero-order valence-electron chi connectivity index (χ0n) is 12.2. The number of nitrogens with zero attached hydrogens (tertiary/aromatic N) is 1. The number of hydrogen-bond acceptors (Lipinski definition) is 3. The second kappa shape index (κ2) is 5.99. The summed E-state index contributed by atoms with van der Waals surface area (Å²) in [7, 11) is 0. The van der Waals surface area contributed by atoms with E-state index in [1.807, 2.05) is 49.4 Å². The van der Waals surface area contributed by atoms with Gasteiger partial charge in [-0.1, -0.05) is 23.7 Å². The monoisotopic (exact) mass is 316 g/mol. The third-order valence-corrected chi connectivity index (χ3v) is 3.99. The molecule has 1 saturated heterocycles. The number of carbonyl (C=O) groups excluding carboxylic acids is 1. The third-order valence-electron chi connectivity index (χ3n) is 3.76. The van der Waals surface area contributed by atoms with Crippen LogP contribution in [-0.4, -0.2) is 18.6 Å². The second-order valence-corrected chi connectivity index (χ2v) is 5.60. The van der Waals surface area contributed by atoms with Crippen LogP contribution in [0.15, 0.2) is 48.5 Å². The average molecular weight is 317 g/mol. The lowest BCUT2D eigenvalue weighted by Crippen LogP contribution is -2.63. The molecule has 0 bridgehead atoms. The number of nitrogens with two attached hydrogens (primary N) is 1. The Bertz CT molecular complexity index is 687. The topological polar surface area (TPSA) is 55.6 Å². The molecule has 1 aliphatic rings. The highest BCUT2D eigenvalue weighted by Gasteiger charge is 2.46. The molecule has 3 rings (SSSR count). The Morgan fingerprint density at radius 1 is 1.23 bits per heavy atom. The van der Waals surface area contributed by atoms with Crippen molar-refractivity contribution in [3.05, 3.63) is 59.1 Å². The highest BCUT2D eigenvalue weighted by Crippen LogP contribution is 2.39. The van der Waals surface area contributed by atoms with E-state index in [-0.39, 0.29) is 11.9 Å². The first kappa shape index (κ1) is 14.9. The summed E-state index contributed by atoms with van der Waals surface area (Å²) in [6, 6.07) is 14.2. The van der Waals surface area contributed by atoms with E-state index in [1.165, 1.54) is 0 Å². The summed E-state index contributed by atoms with van der Waals surface area (Å²) in [4.78, 5) is 13.9. The molecule has 0 aliphatic carbocycles. The molecule has 1 heterocycles. The van der Waals surface area contributed by atoms with Crippen LogP contribution >= 0.6 is 11.6 Å². The van der Waals surface area contributed by atoms with E-state index >= 15 is 0 Å². The van der Waals surface area contributed by atoms with Crippen LogP contribution in [0.25, 0.3) is 0 Å². The van der Waals surface area contributed by atoms with Crippen LogP contribution in [0.5, 0.6) is 5.75 Å². The van der Waals surface area contributed by atoms with Gasteiger partial charge in [0.05, 0.1) is 12.6 Å². The minimum Gasteiger partial charge on any atom is -0.494 e. The summed E-state index contributed by atoms with van der Waals surface area (Å²) in [6.07, 6.45) is 0. The molecule has 0 spiro atoms. The van der Waals surface area contributed by atoms with E-state index in [4.69, 9.17) is 22.1 Å². The molecule has 4 nitrogen and oxygen atoms in total. The number of rotatable bonds is 4. The number of anilines is 1. The first-order chi connectivity index (χ1) is 10.6. The fourth-order valence-corrected chi connectivity index (χ4v) is 2.91. The number of hydrogen-bond donors (Lipinski definition) is 1. The zero-order chi connectivity index (χ0) is 15.7. The Balaban J connectivity index is 1.89. The Kier molecular flexibility index (Phi) is 4.05. The van der Waals surface area contributed by atoms with Crippen LogP contribution in [-0.2, 0) is 4.79 Å². The number of amides is 1. The van der Waals surface area contributed by atoms with Crippen LogP contribution in [0.1, 0.15) is 18.5 Å². The van der Waals surface area contributed by atoms with Crippen molar-refractivity contribution in [2.75, 3.05) is 11.5 Å². The number of carbonyl (C=O) groups is 1. The molecule has 2 aromatic rings. The van der Waals surface area contributed by atoms with E-state index in [9.17, 15) is 4.79 Å². The van der Waals surface area contributed by atoms with Crippen molar-refractivity contribution in [1.82, 2.24) is 0 Å². The summed E-state index contributed by atoms with van der Waals surface area (Å²) in [5.41, 5.74) is 7.74. The van der Waals surface area contributed by atoms with Gasteiger partial charge >= 0.3 is 0 Å². The van der Waals surface area contributed by atoms with Crippen molar-refractivity contribution < 1.29 is 9.53 Å². The largest absolute Gasteiger partial charge is 0.494 e. The predicted octanol–water partition coefficient (Wildman–Crippen LogP) is 3.15. The summed E-state index contributed by atoms with van der Waals surface area (Å²) in [5, 5.41) is 0.635. The fraction of sp³-hybridized carbons (Fsp3) is 0.235. The second-order valence-electron chi connectivity index (χ2n) is 5.16. The van der Waals surface area contributed by atoms with Crippen LogP contribution < -0.4 is 15.4 Å². The van der Waals surface area contributed by atoms with Crippen molar-refractivity contribution >= 4 is 23.2 Å². The molecular formula is C17H17ClN2O2. The number of halogens is 1. The fourth-order valence-electron chi connectivity index (χ4n) is 2.72. The van der Waals surface area contributed by atoms with Gasteiger partial charge in [-0.15, -0.1) is 0 Å². The van der Waals surface area contributed by atoms with Gasteiger partial charge in [0.2, 0.25) is 5.91 Å². The molecule has 0 radical (unpaired) electrons. The normalized spacial score (nSPS) is 20.7. The highest BCUT2D eigenvalue weighted by atomic mass is 35.5. The van der Waals surface area contributed by atoms with Crippen LogP contribution in [0.2, 0.25) is 5.02 Å². The van der Waals surface area contributed by atoms with Crippen molar-refractivity contribution in [3.8, 4) is 5.75 Å². The molecular weight excluding hydrogens is 300 g/mol. The minimum absolute atomic E-state index is 0.0888. The smallest absolute Gasteiger partial charge is 0.247 e. The van der Waals surface area contributed by atoms with Crippen LogP contribution in [0, 0.1) is 0 Å². The molecule has 0 aromatic heterocycles. The third kappa shape index (κ3) is 2.56. The molecule has 2 atom stereocenters. The van der Waals surface area contributed by atoms with Gasteiger partial charge in [-0.25, -0.2) is 0 Å². The molecule has 0 saturated carbocycles. The maximum absolute atomic E-state index is 12.2. The maximum atomic E-state index is 12.2. The summed E-state index contributed by atoms with van der Waals surface area (Å²) < 4.78 is 5.42. The lowest BCUT2D eigenvalue weighted by Gasteiger charge is -2.45. The Morgan fingerprint density at radius 2 is 1.95 bits per heavy atom. The van der Waals surface area contributed by atoms with Crippen LogP contribution in [0.3, 0.4) is 0 Å². The SMILES string of the molecule is CCOc1ccc(N2C(=O)[C@H](N)[C@@H]2c2cccc(Cl)c2)cc1. The molecule has 1 amide bonds. The lowest BCUT2D eigenvalue weighted by atomic mass is 9.88. The van der Waals surface area contributed by atoms with Gasteiger partial charge in [-0.3, -0.25) is 4.79 Å². The van der Waals surface area contributed by atoms with Gasteiger partial charge < -0.3 is 15.4 Å². The average Bonchev–Trinajstić information content (AvgIpc) is 2.53. The maximum Gasteiger partial charge on any atom is 0.247 e. The van der Waals surface area contributed by atoms with Crippen molar-refractivity contribution in [2.24, 2.45) is 5.73 Å². The predicted molar refractivity (Wildman–Crippen MR) is 87.3 cm³/mol. The van der Waals surface area contributed by atoms with E-state index in [1.54, 1.807) is 11.0 Å². The van der Waals surface area contributed by atoms with Crippen molar-refractivity contribution in [1.29, 1.82) is 0 Å². The number of β-lactam (4-membered cyclic amide) rings is 1. The van der Waals surface area contributed by atoms with Gasteiger partial charge in [-0.2, -0.15) is 0 Å². The van der Waals surface area contributed by atoms with Gasteiger partial charge in [0.15, 0.2) is 0 Å². The summed E-state index contributed by atoms with van der Waals surface area (Å²) in [5.74, 6) is 0.692. The lowest BCUT2D eigenvalue weighted by molar-refractivity contribution is -0.126. The van der Waals surface area contributed by atoms with Crippen molar-refractivity contribution in [2.45, 2.75) is 19.0 Å². The van der Waals surface area contributed by atoms with E-state index in [2.05, 4.69) is 0 Å². The van der Waals surface area contributed by atoms with Gasteiger partial charge in [0.25, 0.3) is 0 Å². The van der Waals surface area contributed by atoms with Gasteiger partial charge in [0.1, 0.15) is 11.8 Å². The Hall–Kier alpha value is -2.04. The van der Waals surface area contributed by atoms with E-state index < -0.39 is 6.04 Å². The standard InChI is InChI=1S/C17H17ClN2O2/c1-2-22-14-8-6-13(7-9-14)20-16(15(19)17(20)21)11-4-3-5-12(18)10-11/h3-10,15-16H,2,19H2,1H3/t15-,16+/m1/s1. The molecule has 1 aliphatic heterocycles. The Labute approximate surface area is 134 Å². The van der Waals surface area contributed by atoms with Crippen LogP contribution in [0.4, 0.5) is 5.69 Å².